The standard InChI is InChI=1S/C21H20N6O/c1-11-4-6-24-9-15(11)17-7-13-8-18(25-10-16(13)20(23)26-17)27-21(28)19-12(2)14(19)3-5-22/h4,6-10,12,14,19H,3H2,1-2H3,(H2,23,26)(H,25,27,28)/t12-,14-,19-/m1/s1. The fourth-order valence-corrected chi connectivity index (χ4v) is 3.72. The van der Waals surface area contributed by atoms with E-state index >= 15 is 0 Å². The molecule has 0 saturated heterocycles. The Labute approximate surface area is 162 Å². The molecule has 0 bridgehead atoms. The number of carbonyl (C=O) groups excluding carboxylic acids is 1. The molecule has 7 nitrogen and oxygen atoms in total. The van der Waals surface area contributed by atoms with Crippen LogP contribution in [0.15, 0.2) is 36.8 Å². The average molecular weight is 372 g/mol. The van der Waals surface area contributed by atoms with Gasteiger partial charge in [0, 0.05) is 41.9 Å². The average Bonchev–Trinajstić information content (AvgIpc) is 3.31. The Hall–Kier alpha value is -3.53. The lowest BCUT2D eigenvalue weighted by Gasteiger charge is -2.10. The van der Waals surface area contributed by atoms with Crippen LogP contribution in [0.3, 0.4) is 0 Å². The van der Waals surface area contributed by atoms with Gasteiger partial charge in [-0.2, -0.15) is 5.26 Å². The third-order valence-electron chi connectivity index (χ3n) is 5.50. The van der Waals surface area contributed by atoms with Gasteiger partial charge in [-0.15, -0.1) is 0 Å². The van der Waals surface area contributed by atoms with Gasteiger partial charge in [0.15, 0.2) is 0 Å². The van der Waals surface area contributed by atoms with Crippen molar-refractivity contribution in [1.82, 2.24) is 15.0 Å². The maximum absolute atomic E-state index is 12.5. The Morgan fingerprint density at radius 2 is 2.18 bits per heavy atom. The zero-order valence-electron chi connectivity index (χ0n) is 15.7. The third kappa shape index (κ3) is 3.14. The molecule has 1 amide bonds. The summed E-state index contributed by atoms with van der Waals surface area (Å²) in [6.07, 6.45) is 5.52. The number of amides is 1. The Morgan fingerprint density at radius 3 is 2.93 bits per heavy atom. The molecular formula is C21H20N6O. The lowest BCUT2D eigenvalue weighted by Crippen LogP contribution is -2.16. The van der Waals surface area contributed by atoms with Gasteiger partial charge in [-0.25, -0.2) is 9.97 Å². The van der Waals surface area contributed by atoms with Gasteiger partial charge in [0.2, 0.25) is 5.91 Å². The van der Waals surface area contributed by atoms with Crippen molar-refractivity contribution in [3.63, 3.8) is 0 Å². The number of aromatic nitrogens is 3. The molecule has 1 aliphatic rings. The van der Waals surface area contributed by atoms with E-state index in [1.807, 2.05) is 26.0 Å². The van der Waals surface area contributed by atoms with E-state index in [1.165, 1.54) is 0 Å². The third-order valence-corrected chi connectivity index (χ3v) is 5.50. The summed E-state index contributed by atoms with van der Waals surface area (Å²) in [5, 5.41) is 13.3. The van der Waals surface area contributed by atoms with Crippen molar-refractivity contribution in [3.05, 3.63) is 42.4 Å². The highest BCUT2D eigenvalue weighted by atomic mass is 16.2. The molecule has 3 heterocycles. The van der Waals surface area contributed by atoms with Crippen LogP contribution in [0, 0.1) is 36.0 Å². The maximum atomic E-state index is 12.5. The number of rotatable bonds is 4. The number of anilines is 2. The van der Waals surface area contributed by atoms with E-state index in [1.54, 1.807) is 24.7 Å². The van der Waals surface area contributed by atoms with Gasteiger partial charge in [-0.1, -0.05) is 6.92 Å². The molecule has 7 heteroatoms. The first kappa shape index (κ1) is 17.9. The molecule has 0 unspecified atom stereocenters. The van der Waals surface area contributed by atoms with Crippen LogP contribution in [0.5, 0.6) is 0 Å². The molecule has 4 rings (SSSR count). The molecule has 1 saturated carbocycles. The second-order valence-electron chi connectivity index (χ2n) is 7.27. The number of hydrogen-bond acceptors (Lipinski definition) is 6. The number of hydrogen-bond donors (Lipinski definition) is 2. The molecule has 0 aliphatic heterocycles. The van der Waals surface area contributed by atoms with E-state index in [2.05, 4.69) is 26.3 Å². The Kier molecular flexibility index (Phi) is 4.40. The van der Waals surface area contributed by atoms with Crippen LogP contribution < -0.4 is 11.1 Å². The number of pyridine rings is 3. The van der Waals surface area contributed by atoms with Crippen molar-refractivity contribution < 1.29 is 4.79 Å². The SMILES string of the molecule is Cc1ccncc1-c1cc2cc(NC(=O)[C@@H]3[C@H](C)[C@H]3CC#N)ncc2c(N)n1. The first-order valence-corrected chi connectivity index (χ1v) is 9.14. The summed E-state index contributed by atoms with van der Waals surface area (Å²) < 4.78 is 0. The smallest absolute Gasteiger partial charge is 0.229 e. The highest BCUT2D eigenvalue weighted by Crippen LogP contribution is 2.48. The largest absolute Gasteiger partial charge is 0.383 e. The molecule has 3 aromatic heterocycles. The van der Waals surface area contributed by atoms with Crippen molar-refractivity contribution in [2.45, 2.75) is 20.3 Å². The van der Waals surface area contributed by atoms with Gasteiger partial charge in [-0.3, -0.25) is 9.78 Å². The number of nitriles is 1. The lowest BCUT2D eigenvalue weighted by atomic mass is 10.1. The number of nitrogens with zero attached hydrogens (tertiary/aromatic N) is 4. The Balaban J connectivity index is 1.64. The molecule has 0 radical (unpaired) electrons. The van der Waals surface area contributed by atoms with Crippen molar-refractivity contribution in [2.75, 3.05) is 11.1 Å². The van der Waals surface area contributed by atoms with Gasteiger partial charge in [0.05, 0.1) is 11.8 Å². The molecule has 3 aromatic rings. The topological polar surface area (TPSA) is 118 Å². The Bertz CT molecular complexity index is 1120. The van der Waals surface area contributed by atoms with E-state index in [0.717, 1.165) is 27.6 Å². The van der Waals surface area contributed by atoms with Crippen LogP contribution in [0.2, 0.25) is 0 Å². The number of fused-ring (bicyclic) bond motifs is 1. The molecule has 140 valence electrons. The van der Waals surface area contributed by atoms with Crippen LogP contribution >= 0.6 is 0 Å². The number of nitrogen functional groups attached to an aromatic ring is 1. The summed E-state index contributed by atoms with van der Waals surface area (Å²) >= 11 is 0. The van der Waals surface area contributed by atoms with Gasteiger partial charge < -0.3 is 11.1 Å². The van der Waals surface area contributed by atoms with Gasteiger partial charge in [-0.05, 0) is 47.9 Å². The number of nitrogens with one attached hydrogen (secondary N) is 1. The van der Waals surface area contributed by atoms with E-state index in [0.29, 0.717) is 18.1 Å². The maximum Gasteiger partial charge on any atom is 0.229 e. The zero-order chi connectivity index (χ0) is 19.8. The molecule has 3 N–H and O–H groups in total. The number of carbonyl (C=O) groups is 1. The van der Waals surface area contributed by atoms with Crippen LogP contribution in [-0.2, 0) is 4.79 Å². The number of aryl methyl sites for hydroxylation is 1. The van der Waals surface area contributed by atoms with Crippen molar-refractivity contribution in [1.29, 1.82) is 5.26 Å². The minimum absolute atomic E-state index is 0.0926. The summed E-state index contributed by atoms with van der Waals surface area (Å²) in [5.74, 6) is 0.974. The van der Waals surface area contributed by atoms with Crippen LogP contribution in [0.25, 0.3) is 22.0 Å². The summed E-state index contributed by atoms with van der Waals surface area (Å²) in [5.41, 5.74) is 8.82. The van der Waals surface area contributed by atoms with E-state index < -0.39 is 0 Å². The van der Waals surface area contributed by atoms with E-state index in [4.69, 9.17) is 11.0 Å². The summed E-state index contributed by atoms with van der Waals surface area (Å²) in [4.78, 5) is 25.5. The summed E-state index contributed by atoms with van der Waals surface area (Å²) in [6, 6.07) is 7.78. The van der Waals surface area contributed by atoms with Gasteiger partial charge in [0.1, 0.15) is 11.6 Å². The van der Waals surface area contributed by atoms with Crippen molar-refractivity contribution in [2.24, 2.45) is 17.8 Å². The number of nitrogens with two attached hydrogens (primary N) is 1. The molecule has 1 fully saturated rings. The fraction of sp³-hybridized carbons (Fsp3) is 0.286. The van der Waals surface area contributed by atoms with Crippen molar-refractivity contribution in [3.8, 4) is 17.3 Å². The van der Waals surface area contributed by atoms with Gasteiger partial charge in [0.25, 0.3) is 0 Å². The monoisotopic (exact) mass is 372 g/mol. The summed E-state index contributed by atoms with van der Waals surface area (Å²) in [7, 11) is 0. The predicted molar refractivity (Wildman–Crippen MR) is 107 cm³/mol. The second-order valence-corrected chi connectivity index (χ2v) is 7.27. The predicted octanol–water partition coefficient (Wildman–Crippen LogP) is 3.32. The zero-order valence-corrected chi connectivity index (χ0v) is 15.7. The first-order valence-electron chi connectivity index (χ1n) is 9.14. The molecule has 1 aliphatic carbocycles. The minimum Gasteiger partial charge on any atom is -0.383 e. The quantitative estimate of drug-likeness (QED) is 0.725. The van der Waals surface area contributed by atoms with Gasteiger partial charge >= 0.3 is 0 Å². The van der Waals surface area contributed by atoms with Crippen molar-refractivity contribution >= 4 is 28.3 Å². The second kappa shape index (κ2) is 6.89. The fourth-order valence-electron chi connectivity index (χ4n) is 3.72. The van der Waals surface area contributed by atoms with E-state index in [-0.39, 0.29) is 23.7 Å². The van der Waals surface area contributed by atoms with E-state index in [9.17, 15) is 4.79 Å². The van der Waals surface area contributed by atoms with Crippen LogP contribution in [-0.4, -0.2) is 20.9 Å². The van der Waals surface area contributed by atoms with Crippen LogP contribution in [0.1, 0.15) is 18.9 Å². The molecular weight excluding hydrogens is 352 g/mol. The molecule has 0 aromatic carbocycles. The Morgan fingerprint density at radius 1 is 1.36 bits per heavy atom. The summed E-state index contributed by atoms with van der Waals surface area (Å²) in [6.45, 7) is 3.99. The molecule has 0 spiro atoms. The highest BCUT2D eigenvalue weighted by Gasteiger charge is 2.51. The molecule has 28 heavy (non-hydrogen) atoms. The normalized spacial score (nSPS) is 20.5. The first-order chi connectivity index (χ1) is 13.5. The highest BCUT2D eigenvalue weighted by molar-refractivity contribution is 5.98. The minimum atomic E-state index is -0.131. The van der Waals surface area contributed by atoms with Crippen LogP contribution in [0.4, 0.5) is 11.6 Å². The lowest BCUT2D eigenvalue weighted by molar-refractivity contribution is -0.117. The molecule has 3 atom stereocenters.